The molecule has 0 radical (unpaired) electrons. The zero-order valence-electron chi connectivity index (χ0n) is 13.7. The van der Waals surface area contributed by atoms with Crippen molar-refractivity contribution in [1.82, 2.24) is 10.6 Å². The van der Waals surface area contributed by atoms with Gasteiger partial charge in [0.05, 0.1) is 0 Å². The van der Waals surface area contributed by atoms with Crippen LogP contribution in [0.5, 0.6) is 0 Å². The quantitative estimate of drug-likeness (QED) is 0.609. The smallest absolute Gasteiger partial charge is 0.220 e. The Labute approximate surface area is 136 Å². The van der Waals surface area contributed by atoms with Crippen molar-refractivity contribution >= 4 is 18.3 Å². The summed E-state index contributed by atoms with van der Waals surface area (Å²) in [5.74, 6) is 1.40. The van der Waals surface area contributed by atoms with Gasteiger partial charge in [0.15, 0.2) is 0 Å². The average Bonchev–Trinajstić information content (AvgIpc) is 2.47. The lowest BCUT2D eigenvalue weighted by Crippen LogP contribution is -2.33. The lowest BCUT2D eigenvalue weighted by molar-refractivity contribution is -0.122. The molecule has 1 atom stereocenters. The minimum atomic E-state index is 0. The Morgan fingerprint density at radius 3 is 2.62 bits per heavy atom. The number of carbonyl (C=O) groups excluding carboxylic acids is 1. The van der Waals surface area contributed by atoms with Crippen LogP contribution < -0.4 is 10.6 Å². The Morgan fingerprint density at radius 1 is 1.29 bits per heavy atom. The molecule has 4 nitrogen and oxygen atoms in total. The number of piperidine rings is 1. The predicted molar refractivity (Wildman–Crippen MR) is 90.0 cm³/mol. The van der Waals surface area contributed by atoms with Crippen LogP contribution in [0.25, 0.3) is 0 Å². The molecule has 1 rings (SSSR count). The van der Waals surface area contributed by atoms with E-state index in [0.29, 0.717) is 18.3 Å². The monoisotopic (exact) mass is 320 g/mol. The van der Waals surface area contributed by atoms with Gasteiger partial charge in [-0.25, -0.2) is 0 Å². The Hall–Kier alpha value is -0.320. The van der Waals surface area contributed by atoms with Crippen LogP contribution in [0, 0.1) is 11.8 Å². The number of ether oxygens (including phenoxy) is 1. The molecule has 0 aliphatic carbocycles. The molecular weight excluding hydrogens is 288 g/mol. The van der Waals surface area contributed by atoms with Gasteiger partial charge in [-0.3, -0.25) is 4.79 Å². The van der Waals surface area contributed by atoms with Gasteiger partial charge in [-0.15, -0.1) is 12.4 Å². The molecule has 1 saturated heterocycles. The maximum Gasteiger partial charge on any atom is 0.220 e. The van der Waals surface area contributed by atoms with E-state index in [2.05, 4.69) is 24.5 Å². The average molecular weight is 321 g/mol. The summed E-state index contributed by atoms with van der Waals surface area (Å²) in [6, 6.07) is 0. The summed E-state index contributed by atoms with van der Waals surface area (Å²) in [6.07, 6.45) is 6.30. The van der Waals surface area contributed by atoms with Crippen molar-refractivity contribution in [3.63, 3.8) is 0 Å². The highest BCUT2D eigenvalue weighted by atomic mass is 35.5. The summed E-state index contributed by atoms with van der Waals surface area (Å²) in [7, 11) is 0. The van der Waals surface area contributed by atoms with Gasteiger partial charge in [0.2, 0.25) is 5.91 Å². The van der Waals surface area contributed by atoms with Crippen LogP contribution in [0.3, 0.4) is 0 Å². The van der Waals surface area contributed by atoms with E-state index in [1.54, 1.807) is 0 Å². The van der Waals surface area contributed by atoms with Crippen LogP contribution in [-0.2, 0) is 9.53 Å². The van der Waals surface area contributed by atoms with Gasteiger partial charge < -0.3 is 15.4 Å². The second kappa shape index (κ2) is 13.4. The molecule has 0 saturated carbocycles. The van der Waals surface area contributed by atoms with Gasteiger partial charge in [0, 0.05) is 26.2 Å². The van der Waals surface area contributed by atoms with Crippen molar-refractivity contribution in [3.05, 3.63) is 0 Å². The molecule has 1 unspecified atom stereocenters. The summed E-state index contributed by atoms with van der Waals surface area (Å²) in [6.45, 7) is 8.92. The van der Waals surface area contributed by atoms with Crippen LogP contribution in [0.2, 0.25) is 0 Å². The summed E-state index contributed by atoms with van der Waals surface area (Å²) < 4.78 is 5.47. The van der Waals surface area contributed by atoms with Gasteiger partial charge in [-0.2, -0.15) is 0 Å². The highest BCUT2D eigenvalue weighted by molar-refractivity contribution is 5.85. The molecular formula is C16H33ClN2O2. The Balaban J connectivity index is 0.00000400. The van der Waals surface area contributed by atoms with Gasteiger partial charge in [0.25, 0.3) is 0 Å². The first kappa shape index (κ1) is 20.7. The SMILES string of the molecule is CCCCOCCCNC(=O)CC(C)C1CCNCC1.Cl. The molecule has 0 aromatic rings. The molecule has 1 fully saturated rings. The molecule has 0 aromatic carbocycles. The maximum absolute atomic E-state index is 11.9. The molecule has 126 valence electrons. The zero-order chi connectivity index (χ0) is 14.6. The minimum Gasteiger partial charge on any atom is -0.381 e. The predicted octanol–water partition coefficient (Wildman–Crippen LogP) is 2.76. The minimum absolute atomic E-state index is 0. The molecule has 1 aliphatic heterocycles. The van der Waals surface area contributed by atoms with Crippen molar-refractivity contribution in [3.8, 4) is 0 Å². The summed E-state index contributed by atoms with van der Waals surface area (Å²) in [5, 5.41) is 6.38. The number of nitrogens with one attached hydrogen (secondary N) is 2. The first-order valence-electron chi connectivity index (χ1n) is 8.29. The van der Waals surface area contributed by atoms with Crippen molar-refractivity contribution in [2.75, 3.05) is 32.8 Å². The Morgan fingerprint density at radius 2 is 1.95 bits per heavy atom. The third-order valence-corrected chi connectivity index (χ3v) is 4.13. The van der Waals surface area contributed by atoms with E-state index in [-0.39, 0.29) is 18.3 Å². The van der Waals surface area contributed by atoms with Crippen LogP contribution >= 0.6 is 12.4 Å². The van der Waals surface area contributed by atoms with Gasteiger partial charge in [-0.1, -0.05) is 20.3 Å². The normalized spacial score (nSPS) is 17.0. The number of halogens is 1. The molecule has 0 spiro atoms. The van der Waals surface area contributed by atoms with E-state index in [9.17, 15) is 4.79 Å². The van der Waals surface area contributed by atoms with Gasteiger partial charge in [0.1, 0.15) is 0 Å². The van der Waals surface area contributed by atoms with Crippen molar-refractivity contribution < 1.29 is 9.53 Å². The van der Waals surface area contributed by atoms with Crippen molar-refractivity contribution in [2.24, 2.45) is 11.8 Å². The van der Waals surface area contributed by atoms with E-state index in [4.69, 9.17) is 4.74 Å². The molecule has 5 heteroatoms. The summed E-state index contributed by atoms with van der Waals surface area (Å²) in [4.78, 5) is 11.9. The van der Waals surface area contributed by atoms with E-state index in [0.717, 1.165) is 45.7 Å². The van der Waals surface area contributed by atoms with E-state index >= 15 is 0 Å². The summed E-state index contributed by atoms with van der Waals surface area (Å²) >= 11 is 0. The largest absolute Gasteiger partial charge is 0.381 e. The standard InChI is InChI=1S/C16H32N2O2.ClH/c1-3-4-11-20-12-5-8-18-16(19)13-14(2)15-6-9-17-10-7-15;/h14-15,17H,3-13H2,1-2H3,(H,18,19);1H. The van der Waals surface area contributed by atoms with Crippen molar-refractivity contribution in [1.29, 1.82) is 0 Å². The summed E-state index contributed by atoms with van der Waals surface area (Å²) in [5.41, 5.74) is 0. The van der Waals surface area contributed by atoms with E-state index in [1.807, 2.05) is 0 Å². The molecule has 0 aromatic heterocycles. The van der Waals surface area contributed by atoms with Gasteiger partial charge in [-0.05, 0) is 50.6 Å². The number of hydrogen-bond donors (Lipinski definition) is 2. The maximum atomic E-state index is 11.9. The van der Waals surface area contributed by atoms with E-state index < -0.39 is 0 Å². The van der Waals surface area contributed by atoms with Crippen LogP contribution in [-0.4, -0.2) is 38.8 Å². The number of amides is 1. The second-order valence-corrected chi connectivity index (χ2v) is 5.94. The fourth-order valence-corrected chi connectivity index (χ4v) is 2.70. The van der Waals surface area contributed by atoms with Crippen molar-refractivity contribution in [2.45, 2.75) is 52.4 Å². The fourth-order valence-electron chi connectivity index (χ4n) is 2.70. The molecule has 1 amide bonds. The number of hydrogen-bond acceptors (Lipinski definition) is 3. The topological polar surface area (TPSA) is 50.4 Å². The zero-order valence-corrected chi connectivity index (χ0v) is 14.5. The highest BCUT2D eigenvalue weighted by Crippen LogP contribution is 2.23. The highest BCUT2D eigenvalue weighted by Gasteiger charge is 2.21. The molecule has 0 bridgehead atoms. The van der Waals surface area contributed by atoms with Gasteiger partial charge >= 0.3 is 0 Å². The third kappa shape index (κ3) is 10.1. The number of carbonyl (C=O) groups is 1. The van der Waals surface area contributed by atoms with Crippen LogP contribution in [0.4, 0.5) is 0 Å². The number of unbranched alkanes of at least 4 members (excludes halogenated alkanes) is 1. The lowest BCUT2D eigenvalue weighted by atomic mass is 9.84. The molecule has 1 aliphatic rings. The van der Waals surface area contributed by atoms with Crippen LogP contribution in [0.15, 0.2) is 0 Å². The first-order valence-corrected chi connectivity index (χ1v) is 8.29. The first-order chi connectivity index (χ1) is 9.74. The Kier molecular flexibility index (Phi) is 13.1. The lowest BCUT2D eigenvalue weighted by Gasteiger charge is -2.27. The third-order valence-electron chi connectivity index (χ3n) is 4.13. The molecule has 21 heavy (non-hydrogen) atoms. The molecule has 2 N–H and O–H groups in total. The fraction of sp³-hybridized carbons (Fsp3) is 0.938. The molecule has 1 heterocycles. The number of rotatable bonds is 10. The Bertz CT molecular complexity index is 259. The van der Waals surface area contributed by atoms with Crippen LogP contribution in [0.1, 0.15) is 52.4 Å². The second-order valence-electron chi connectivity index (χ2n) is 5.94. The van der Waals surface area contributed by atoms with E-state index in [1.165, 1.54) is 19.3 Å².